The van der Waals surface area contributed by atoms with Crippen LogP contribution < -0.4 is 5.32 Å². The lowest BCUT2D eigenvalue weighted by Gasteiger charge is -2.24. The number of nitrogens with one attached hydrogen (secondary N) is 1. The van der Waals surface area contributed by atoms with Gasteiger partial charge in [0.15, 0.2) is 0 Å². The molecule has 0 aliphatic carbocycles. The Bertz CT molecular complexity index is 1370. The van der Waals surface area contributed by atoms with Crippen molar-refractivity contribution < 1.29 is 24.5 Å². The van der Waals surface area contributed by atoms with E-state index in [0.717, 1.165) is 83.5 Å². The first-order valence-corrected chi connectivity index (χ1v) is 27.7. The lowest BCUT2D eigenvalue weighted by atomic mass is 10.0. The Morgan fingerprint density at radius 3 is 1.40 bits per heavy atom. The van der Waals surface area contributed by atoms with E-state index in [2.05, 4.69) is 92.9 Å². The fourth-order valence-electron chi connectivity index (χ4n) is 7.79. The molecule has 382 valence electrons. The van der Waals surface area contributed by atoms with Crippen LogP contribution in [0.5, 0.6) is 0 Å². The molecule has 1 amide bonds. The number of carbonyl (C=O) groups excluding carboxylic acids is 2. The zero-order valence-electron chi connectivity index (χ0n) is 43.5. The number of hydrogen-bond acceptors (Lipinski definition) is 5. The molecule has 3 N–H and O–H groups in total. The minimum atomic E-state index is -0.817. The molecule has 6 nitrogen and oxygen atoms in total. The molecule has 3 unspecified atom stereocenters. The second-order valence-electron chi connectivity index (χ2n) is 18.4. The first kappa shape index (κ1) is 63.5. The fraction of sp³-hybridized carbons (Fsp3) is 0.672. The summed E-state index contributed by atoms with van der Waals surface area (Å²) < 4.78 is 5.90. The maximum Gasteiger partial charge on any atom is 0.306 e. The van der Waals surface area contributed by atoms with Crippen LogP contribution in [0, 0.1) is 0 Å². The number of rotatable bonds is 48. The molecule has 0 spiro atoms. The van der Waals surface area contributed by atoms with Crippen LogP contribution in [0.1, 0.15) is 239 Å². The normalized spacial score (nSPS) is 14.0. The summed E-state index contributed by atoms with van der Waals surface area (Å²) in [6.45, 7) is 6.29. The molecule has 0 fully saturated rings. The Morgan fingerprint density at radius 2 is 0.881 bits per heavy atom. The summed E-state index contributed by atoms with van der Waals surface area (Å²) in [5.41, 5.74) is 0. The maximum atomic E-state index is 13.2. The highest BCUT2D eigenvalue weighted by atomic mass is 16.5. The second kappa shape index (κ2) is 53.5. The van der Waals surface area contributed by atoms with Crippen LogP contribution in [0.25, 0.3) is 0 Å². The van der Waals surface area contributed by atoms with Gasteiger partial charge in [-0.2, -0.15) is 0 Å². The van der Waals surface area contributed by atoms with Crippen molar-refractivity contribution in [2.24, 2.45) is 0 Å². The Morgan fingerprint density at radius 1 is 0.463 bits per heavy atom. The van der Waals surface area contributed by atoms with E-state index < -0.39 is 18.2 Å². The van der Waals surface area contributed by atoms with Gasteiger partial charge in [-0.15, -0.1) is 0 Å². The summed E-state index contributed by atoms with van der Waals surface area (Å²) in [7, 11) is 0. The van der Waals surface area contributed by atoms with Gasteiger partial charge in [0.2, 0.25) is 5.91 Å². The topological polar surface area (TPSA) is 95.9 Å². The van der Waals surface area contributed by atoms with Gasteiger partial charge in [0, 0.05) is 6.42 Å². The zero-order chi connectivity index (χ0) is 48.8. The molecule has 67 heavy (non-hydrogen) atoms. The van der Waals surface area contributed by atoms with E-state index in [1.54, 1.807) is 0 Å². The molecule has 0 aliphatic heterocycles. The summed E-state index contributed by atoms with van der Waals surface area (Å²) in [5, 5.41) is 23.8. The molecule has 0 aliphatic rings. The molecule has 3 atom stereocenters. The summed E-state index contributed by atoms with van der Waals surface area (Å²) in [6, 6.07) is -0.736. The Hall–Kier alpha value is -3.48. The van der Waals surface area contributed by atoms with Gasteiger partial charge < -0.3 is 20.3 Å². The monoisotopic (exact) mass is 930 g/mol. The van der Waals surface area contributed by atoms with Crippen LogP contribution in [0.3, 0.4) is 0 Å². The molecule has 0 aromatic carbocycles. The van der Waals surface area contributed by atoms with Crippen molar-refractivity contribution in [3.8, 4) is 0 Å². The van der Waals surface area contributed by atoms with Gasteiger partial charge in [-0.1, -0.05) is 252 Å². The summed E-state index contributed by atoms with van der Waals surface area (Å²) in [6.07, 6.45) is 72.9. The number of unbranched alkanes of at least 4 members (excludes halogenated alkanes) is 22. The Balaban J connectivity index is 4.75. The van der Waals surface area contributed by atoms with Crippen LogP contribution in [-0.4, -0.2) is 46.9 Å². The number of allylic oxidation sites excluding steroid dienone is 18. The third-order valence-corrected chi connectivity index (χ3v) is 12.0. The van der Waals surface area contributed by atoms with Gasteiger partial charge in [0.1, 0.15) is 6.10 Å². The Kier molecular flexibility index (Phi) is 50.7. The molecule has 0 aromatic heterocycles. The van der Waals surface area contributed by atoms with Crippen molar-refractivity contribution in [1.29, 1.82) is 0 Å². The predicted octanol–water partition coefficient (Wildman–Crippen LogP) is 17.1. The number of hydrogen-bond donors (Lipinski definition) is 3. The average molecular weight is 930 g/mol. The van der Waals surface area contributed by atoms with Gasteiger partial charge >= 0.3 is 5.97 Å². The first-order chi connectivity index (χ1) is 33.0. The molecule has 0 saturated carbocycles. The summed E-state index contributed by atoms with van der Waals surface area (Å²) in [5.74, 6) is -0.584. The maximum absolute atomic E-state index is 13.2. The highest BCUT2D eigenvalue weighted by Crippen LogP contribution is 2.17. The minimum Gasteiger partial charge on any atom is -0.462 e. The number of ether oxygens (including phenoxy) is 1. The molecule has 0 aromatic rings. The van der Waals surface area contributed by atoms with Crippen molar-refractivity contribution in [1.82, 2.24) is 5.32 Å². The Labute approximate surface area is 413 Å². The fourth-order valence-corrected chi connectivity index (χ4v) is 7.79. The van der Waals surface area contributed by atoms with E-state index in [9.17, 15) is 19.8 Å². The van der Waals surface area contributed by atoms with Crippen LogP contribution in [0.15, 0.2) is 109 Å². The molecular formula is C61H103NO5. The molecular weight excluding hydrogens is 827 g/mol. The van der Waals surface area contributed by atoms with Gasteiger partial charge in [-0.25, -0.2) is 0 Å². The number of amides is 1. The van der Waals surface area contributed by atoms with Crippen LogP contribution in [0.4, 0.5) is 0 Å². The van der Waals surface area contributed by atoms with E-state index in [0.29, 0.717) is 19.3 Å². The van der Waals surface area contributed by atoms with E-state index in [1.807, 2.05) is 42.5 Å². The predicted molar refractivity (Wildman–Crippen MR) is 291 cm³/mol. The van der Waals surface area contributed by atoms with Crippen LogP contribution >= 0.6 is 0 Å². The molecule has 0 rings (SSSR count). The van der Waals surface area contributed by atoms with Gasteiger partial charge in [-0.3, -0.25) is 9.59 Å². The lowest BCUT2D eigenvalue weighted by Crippen LogP contribution is -2.46. The van der Waals surface area contributed by atoms with Crippen molar-refractivity contribution in [3.05, 3.63) is 109 Å². The summed E-state index contributed by atoms with van der Waals surface area (Å²) >= 11 is 0. The van der Waals surface area contributed by atoms with E-state index in [-0.39, 0.29) is 24.9 Å². The third kappa shape index (κ3) is 48.8. The number of aliphatic hydroxyl groups is 2. The largest absolute Gasteiger partial charge is 0.462 e. The van der Waals surface area contributed by atoms with Crippen molar-refractivity contribution >= 4 is 11.9 Å². The van der Waals surface area contributed by atoms with Gasteiger partial charge in [0.25, 0.3) is 0 Å². The lowest BCUT2D eigenvalue weighted by molar-refractivity contribution is -0.151. The zero-order valence-corrected chi connectivity index (χ0v) is 43.5. The van der Waals surface area contributed by atoms with Gasteiger partial charge in [0.05, 0.1) is 25.2 Å². The quantitative estimate of drug-likeness (QED) is 0.0244. The molecule has 6 heteroatoms. The molecule has 0 bridgehead atoms. The van der Waals surface area contributed by atoms with E-state index >= 15 is 0 Å². The van der Waals surface area contributed by atoms with E-state index in [1.165, 1.54) is 109 Å². The van der Waals surface area contributed by atoms with Gasteiger partial charge in [-0.05, 0) is 83.5 Å². The summed E-state index contributed by atoms with van der Waals surface area (Å²) in [4.78, 5) is 26.2. The molecule has 0 heterocycles. The highest BCUT2D eigenvalue weighted by Gasteiger charge is 2.24. The molecule has 0 saturated heterocycles. The van der Waals surface area contributed by atoms with Crippen LogP contribution in [0.2, 0.25) is 0 Å². The smallest absolute Gasteiger partial charge is 0.306 e. The number of esters is 1. The van der Waals surface area contributed by atoms with Crippen LogP contribution in [-0.2, 0) is 14.3 Å². The number of aliphatic hydroxyl groups excluding tert-OH is 2. The third-order valence-electron chi connectivity index (χ3n) is 12.0. The first-order valence-electron chi connectivity index (χ1n) is 27.7. The minimum absolute atomic E-state index is 0.0162. The highest BCUT2D eigenvalue weighted by molar-refractivity contribution is 5.77. The second-order valence-corrected chi connectivity index (χ2v) is 18.4. The van der Waals surface area contributed by atoms with Crippen molar-refractivity contribution in [2.75, 3.05) is 6.61 Å². The number of carbonyl (C=O) groups is 2. The SMILES string of the molecule is CC/C=C/C=C/C=C\C=C/C=C/CCCCCC(=O)OC(CCC/C=C\C/C=C\C/C=C\C/C=C\CCCCC)CC(=O)NC(CO)C(O)CCCCCCCCCCCCCCCCCC. The standard InChI is InChI=1S/C61H103NO5/c1-4-7-10-13-16-19-22-25-28-30-32-34-37-40-43-46-49-52-57(67-61(66)54-51-48-45-42-39-36-31-27-24-21-18-15-12-9-6-3)55-60(65)62-58(56-63)59(64)53-50-47-44-41-38-35-33-29-26-23-20-17-14-11-8-5-2/h9,12,15-16,18-19,21,24-25,27-28,31-32,34,36,39-40,43,57-59,63-64H,4-8,10-11,13-14,17,20,22-23,26,29-30,33,35,37-38,41-42,44-56H2,1-3H3,(H,62,65)/b12-9+,18-15+,19-16-,24-21-,28-25-,31-27-,34-32-,39-36+,43-40-. The van der Waals surface area contributed by atoms with E-state index in [4.69, 9.17) is 4.74 Å². The van der Waals surface area contributed by atoms with Crippen molar-refractivity contribution in [2.45, 2.75) is 257 Å². The average Bonchev–Trinajstić information content (AvgIpc) is 3.32. The van der Waals surface area contributed by atoms with Crippen molar-refractivity contribution in [3.63, 3.8) is 0 Å². The molecule has 0 radical (unpaired) electrons.